The average molecular weight is 225 g/mol. The number of hydrogen-bond donors (Lipinski definition) is 1. The molecule has 0 spiro atoms. The lowest BCUT2D eigenvalue weighted by atomic mass is 10.0. The molecule has 1 atom stereocenters. The van der Waals surface area contributed by atoms with Gasteiger partial charge in [0.1, 0.15) is 11.5 Å². The van der Waals surface area contributed by atoms with E-state index in [1.165, 1.54) is 0 Å². The average Bonchev–Trinajstić information content (AvgIpc) is 2.31. The van der Waals surface area contributed by atoms with Crippen LogP contribution in [0.3, 0.4) is 0 Å². The first-order chi connectivity index (χ1) is 7.67. The zero-order chi connectivity index (χ0) is 12.1. The molecule has 0 saturated carbocycles. The Kier molecular flexibility index (Phi) is 4.58. The molecule has 1 rings (SSSR count). The van der Waals surface area contributed by atoms with E-state index in [0.29, 0.717) is 6.54 Å². The monoisotopic (exact) mass is 225 g/mol. The molecule has 4 nitrogen and oxygen atoms in total. The second-order valence-corrected chi connectivity index (χ2v) is 3.52. The van der Waals surface area contributed by atoms with Crippen molar-refractivity contribution in [3.63, 3.8) is 0 Å². The summed E-state index contributed by atoms with van der Waals surface area (Å²) in [6, 6.07) is 3.84. The summed E-state index contributed by atoms with van der Waals surface area (Å²) in [4.78, 5) is 0. The highest BCUT2D eigenvalue weighted by molar-refractivity contribution is 5.47. The minimum atomic E-state index is -0.176. The van der Waals surface area contributed by atoms with Crippen LogP contribution in [-0.4, -0.2) is 27.9 Å². The molecule has 0 heterocycles. The third-order valence-electron chi connectivity index (χ3n) is 2.59. The fourth-order valence-electron chi connectivity index (χ4n) is 1.68. The van der Waals surface area contributed by atoms with Crippen LogP contribution in [0.2, 0.25) is 0 Å². The predicted molar refractivity (Wildman–Crippen MR) is 63.1 cm³/mol. The van der Waals surface area contributed by atoms with Crippen molar-refractivity contribution in [1.82, 2.24) is 0 Å². The van der Waals surface area contributed by atoms with E-state index in [1.807, 2.05) is 19.1 Å². The lowest BCUT2D eigenvalue weighted by molar-refractivity contribution is 0.108. The van der Waals surface area contributed by atoms with Crippen molar-refractivity contribution in [1.29, 1.82) is 0 Å². The normalized spacial score (nSPS) is 12.3. The predicted octanol–water partition coefficient (Wildman–Crippen LogP) is 1.66. The van der Waals surface area contributed by atoms with Gasteiger partial charge in [0, 0.05) is 19.2 Å². The van der Waals surface area contributed by atoms with Crippen molar-refractivity contribution in [2.45, 2.75) is 13.0 Å². The molecule has 2 N–H and O–H groups in total. The van der Waals surface area contributed by atoms with Crippen molar-refractivity contribution >= 4 is 0 Å². The van der Waals surface area contributed by atoms with E-state index < -0.39 is 0 Å². The molecule has 4 heteroatoms. The van der Waals surface area contributed by atoms with Crippen LogP contribution in [0.1, 0.15) is 17.2 Å². The van der Waals surface area contributed by atoms with Crippen LogP contribution < -0.4 is 15.2 Å². The van der Waals surface area contributed by atoms with Gasteiger partial charge in [-0.1, -0.05) is 0 Å². The Morgan fingerprint density at radius 3 is 2.19 bits per heavy atom. The summed E-state index contributed by atoms with van der Waals surface area (Å²) in [5, 5.41) is 0. The standard InChI is InChI=1S/C12H19NO3/c1-8-5-11(15-3)9(6-10(8)14-2)12(7-13)16-4/h5-6,12H,7,13H2,1-4H3/t12-/m0/s1. The van der Waals surface area contributed by atoms with Crippen LogP contribution in [-0.2, 0) is 4.74 Å². The summed E-state index contributed by atoms with van der Waals surface area (Å²) in [6.07, 6.45) is -0.176. The molecule has 0 fully saturated rings. The van der Waals surface area contributed by atoms with Gasteiger partial charge in [0.25, 0.3) is 0 Å². The van der Waals surface area contributed by atoms with Gasteiger partial charge < -0.3 is 19.9 Å². The SMILES string of the molecule is COc1cc([C@H](CN)OC)c(OC)cc1C. The Balaban J connectivity index is 3.23. The first-order valence-corrected chi connectivity index (χ1v) is 5.13. The molecule has 0 bridgehead atoms. The Bertz CT molecular complexity index is 348. The highest BCUT2D eigenvalue weighted by Crippen LogP contribution is 2.33. The molecule has 16 heavy (non-hydrogen) atoms. The molecule has 0 amide bonds. The van der Waals surface area contributed by atoms with Gasteiger partial charge >= 0.3 is 0 Å². The Labute approximate surface area is 96.3 Å². The van der Waals surface area contributed by atoms with Gasteiger partial charge in [-0.15, -0.1) is 0 Å². The molecule has 0 radical (unpaired) electrons. The summed E-state index contributed by atoms with van der Waals surface area (Å²) in [7, 11) is 4.90. The third kappa shape index (κ3) is 2.46. The van der Waals surface area contributed by atoms with Crippen molar-refractivity contribution in [3.05, 3.63) is 23.3 Å². The number of nitrogens with two attached hydrogens (primary N) is 1. The van der Waals surface area contributed by atoms with Crippen LogP contribution >= 0.6 is 0 Å². The Hall–Kier alpha value is -1.26. The number of benzene rings is 1. The molecular formula is C12H19NO3. The summed E-state index contributed by atoms with van der Waals surface area (Å²) < 4.78 is 15.9. The first kappa shape index (κ1) is 12.8. The quantitative estimate of drug-likeness (QED) is 0.828. The van der Waals surface area contributed by atoms with Crippen LogP contribution in [0.5, 0.6) is 11.5 Å². The topological polar surface area (TPSA) is 53.7 Å². The molecule has 0 aliphatic rings. The molecule has 90 valence electrons. The van der Waals surface area contributed by atoms with E-state index in [2.05, 4.69) is 0 Å². The molecule has 0 aromatic heterocycles. The van der Waals surface area contributed by atoms with E-state index in [4.69, 9.17) is 19.9 Å². The largest absolute Gasteiger partial charge is 0.496 e. The molecule has 0 aliphatic heterocycles. The lowest BCUT2D eigenvalue weighted by Crippen LogP contribution is -2.15. The molecule has 1 aromatic carbocycles. The number of rotatable bonds is 5. The summed E-state index contributed by atoms with van der Waals surface area (Å²) >= 11 is 0. The number of aryl methyl sites for hydroxylation is 1. The maximum Gasteiger partial charge on any atom is 0.125 e. The second kappa shape index (κ2) is 5.72. The number of hydrogen-bond acceptors (Lipinski definition) is 4. The zero-order valence-corrected chi connectivity index (χ0v) is 10.2. The highest BCUT2D eigenvalue weighted by atomic mass is 16.5. The molecule has 0 saturated heterocycles. The number of ether oxygens (including phenoxy) is 3. The lowest BCUT2D eigenvalue weighted by Gasteiger charge is -2.18. The fraction of sp³-hybridized carbons (Fsp3) is 0.500. The molecule has 0 aliphatic carbocycles. The van der Waals surface area contributed by atoms with Crippen LogP contribution in [0.4, 0.5) is 0 Å². The van der Waals surface area contributed by atoms with Gasteiger partial charge in [-0.3, -0.25) is 0 Å². The van der Waals surface area contributed by atoms with Gasteiger partial charge in [-0.05, 0) is 24.6 Å². The molecule has 1 aromatic rings. The fourth-order valence-corrected chi connectivity index (χ4v) is 1.68. The highest BCUT2D eigenvalue weighted by Gasteiger charge is 2.16. The van der Waals surface area contributed by atoms with Crippen LogP contribution in [0.15, 0.2) is 12.1 Å². The van der Waals surface area contributed by atoms with E-state index in [1.54, 1.807) is 21.3 Å². The maximum absolute atomic E-state index is 5.65. The Morgan fingerprint density at radius 2 is 1.75 bits per heavy atom. The van der Waals surface area contributed by atoms with Crippen molar-refractivity contribution < 1.29 is 14.2 Å². The van der Waals surface area contributed by atoms with Gasteiger partial charge in [-0.25, -0.2) is 0 Å². The molecule has 0 unspecified atom stereocenters. The smallest absolute Gasteiger partial charge is 0.125 e. The first-order valence-electron chi connectivity index (χ1n) is 5.13. The minimum Gasteiger partial charge on any atom is -0.496 e. The summed E-state index contributed by atoms with van der Waals surface area (Å²) in [6.45, 7) is 2.37. The van der Waals surface area contributed by atoms with E-state index in [9.17, 15) is 0 Å². The van der Waals surface area contributed by atoms with Gasteiger partial charge in [0.2, 0.25) is 0 Å². The van der Waals surface area contributed by atoms with Crippen molar-refractivity contribution in [2.75, 3.05) is 27.9 Å². The van der Waals surface area contributed by atoms with E-state index in [-0.39, 0.29) is 6.10 Å². The zero-order valence-electron chi connectivity index (χ0n) is 10.2. The van der Waals surface area contributed by atoms with Gasteiger partial charge in [-0.2, -0.15) is 0 Å². The molecular weight excluding hydrogens is 206 g/mol. The third-order valence-corrected chi connectivity index (χ3v) is 2.59. The van der Waals surface area contributed by atoms with Gasteiger partial charge in [0.05, 0.1) is 20.3 Å². The van der Waals surface area contributed by atoms with Crippen LogP contribution in [0.25, 0.3) is 0 Å². The van der Waals surface area contributed by atoms with Crippen molar-refractivity contribution in [3.8, 4) is 11.5 Å². The minimum absolute atomic E-state index is 0.176. The maximum atomic E-state index is 5.65. The van der Waals surface area contributed by atoms with Crippen molar-refractivity contribution in [2.24, 2.45) is 5.73 Å². The number of methoxy groups -OCH3 is 3. The summed E-state index contributed by atoms with van der Waals surface area (Å²) in [5.74, 6) is 1.59. The second-order valence-electron chi connectivity index (χ2n) is 3.52. The van der Waals surface area contributed by atoms with E-state index >= 15 is 0 Å². The Morgan fingerprint density at radius 1 is 1.12 bits per heavy atom. The van der Waals surface area contributed by atoms with Gasteiger partial charge in [0.15, 0.2) is 0 Å². The van der Waals surface area contributed by atoms with E-state index in [0.717, 1.165) is 22.6 Å². The summed E-state index contributed by atoms with van der Waals surface area (Å²) in [5.41, 5.74) is 7.58. The van der Waals surface area contributed by atoms with Crippen LogP contribution in [0, 0.1) is 6.92 Å².